The number of ether oxygens (including phenoxy) is 1. The van der Waals surface area contributed by atoms with E-state index in [9.17, 15) is 14.0 Å². The van der Waals surface area contributed by atoms with E-state index in [2.05, 4.69) is 27.3 Å². The third-order valence-electron chi connectivity index (χ3n) is 11.4. The first-order valence-corrected chi connectivity index (χ1v) is 16.7. The van der Waals surface area contributed by atoms with Gasteiger partial charge in [-0.3, -0.25) is 14.0 Å². The molecule has 46 heavy (non-hydrogen) atoms. The summed E-state index contributed by atoms with van der Waals surface area (Å²) in [6.07, 6.45) is 4.50. The first-order chi connectivity index (χ1) is 22.1. The van der Waals surface area contributed by atoms with E-state index >= 15 is 0 Å². The van der Waals surface area contributed by atoms with Gasteiger partial charge in [0, 0.05) is 42.7 Å². The van der Waals surface area contributed by atoms with Crippen LogP contribution in [0, 0.1) is 24.2 Å². The third-order valence-corrected chi connectivity index (χ3v) is 11.4. The van der Waals surface area contributed by atoms with Crippen LogP contribution in [0.4, 0.5) is 4.39 Å². The molecule has 4 aromatic rings. The van der Waals surface area contributed by atoms with Gasteiger partial charge in [-0.25, -0.2) is 14.4 Å². The lowest BCUT2D eigenvalue weighted by Gasteiger charge is -2.64. The molecule has 2 aliphatic heterocycles. The second kappa shape index (κ2) is 9.76. The van der Waals surface area contributed by atoms with Crippen molar-refractivity contribution in [3.8, 4) is 17.3 Å². The Morgan fingerprint density at radius 3 is 2.65 bits per heavy atom. The zero-order valence-corrected chi connectivity index (χ0v) is 26.6. The van der Waals surface area contributed by atoms with Crippen LogP contribution in [-0.2, 0) is 11.3 Å². The Morgan fingerprint density at radius 2 is 1.93 bits per heavy atom. The Hall–Kier alpha value is -3.99. The van der Waals surface area contributed by atoms with Gasteiger partial charge in [0.1, 0.15) is 22.7 Å². The molecule has 0 unspecified atom stereocenters. The number of amides is 2. The molecule has 6 aliphatic rings. The summed E-state index contributed by atoms with van der Waals surface area (Å²) in [4.78, 5) is 38.8. The lowest BCUT2D eigenvalue weighted by Crippen LogP contribution is -2.70. The molecular formula is C35H40FN7O3. The van der Waals surface area contributed by atoms with Gasteiger partial charge in [-0.1, -0.05) is 0 Å². The van der Waals surface area contributed by atoms with Crippen LogP contribution >= 0.6 is 0 Å². The first-order valence-electron chi connectivity index (χ1n) is 16.7. The van der Waals surface area contributed by atoms with Gasteiger partial charge in [-0.15, -0.1) is 0 Å². The number of carbonyl (C=O) groups is 2. The molecule has 6 heterocycles. The highest BCUT2D eigenvalue weighted by Gasteiger charge is 2.72. The van der Waals surface area contributed by atoms with E-state index in [1.807, 2.05) is 41.3 Å². The molecule has 2 N–H and O–H groups in total. The Morgan fingerprint density at radius 1 is 1.13 bits per heavy atom. The third kappa shape index (κ3) is 4.23. The fourth-order valence-corrected chi connectivity index (χ4v) is 8.64. The van der Waals surface area contributed by atoms with E-state index < -0.39 is 11.1 Å². The molecule has 0 radical (unpaired) electrons. The second-order valence-corrected chi connectivity index (χ2v) is 14.7. The van der Waals surface area contributed by atoms with E-state index in [1.165, 1.54) is 12.8 Å². The van der Waals surface area contributed by atoms with Gasteiger partial charge in [0.25, 0.3) is 5.91 Å². The lowest BCUT2D eigenvalue weighted by atomic mass is 9.42. The van der Waals surface area contributed by atoms with Gasteiger partial charge in [0.15, 0.2) is 5.88 Å². The normalized spacial score (nSPS) is 28.7. The molecule has 4 aliphatic carbocycles. The number of nitrogens with one attached hydrogen (secondary N) is 2. The van der Waals surface area contributed by atoms with Crippen molar-refractivity contribution in [2.45, 2.75) is 76.7 Å². The number of nitrogens with zero attached hydrogens (tertiary/aromatic N) is 5. The molecule has 0 spiro atoms. The number of imidazole rings is 1. The van der Waals surface area contributed by atoms with Gasteiger partial charge in [-0.2, -0.15) is 0 Å². The predicted octanol–water partition coefficient (Wildman–Crippen LogP) is 4.58. The molecule has 11 heteroatoms. The predicted molar refractivity (Wildman–Crippen MR) is 170 cm³/mol. The van der Waals surface area contributed by atoms with Crippen molar-refractivity contribution >= 4 is 28.5 Å². The van der Waals surface area contributed by atoms with Crippen molar-refractivity contribution in [2.24, 2.45) is 17.3 Å². The van der Waals surface area contributed by atoms with Crippen molar-refractivity contribution in [3.05, 3.63) is 47.3 Å². The first kappa shape index (κ1) is 28.3. The molecule has 3 atom stereocenters. The Balaban J connectivity index is 1.06. The summed E-state index contributed by atoms with van der Waals surface area (Å²) >= 11 is 0. The standard InChI is InChI=1S/C35H40FN7O3/c1-19(38-33(45)34-16-35(36,17-34)18-34)25-7-6-22-10-27(42(31(22)39-25)13-21-4-5-21)30-20(2)43-28(40-30)11-24(12-29(43)46-3)32(44)41-14-23-8-9-37-26(23)15-41/h6-7,10-12,19,21,23,26,37H,4-5,8-9,13-18H2,1-3H3,(H,38,45)/t19-,23+,26-,34?,35?/m1/s1. The summed E-state index contributed by atoms with van der Waals surface area (Å²) in [5, 5.41) is 7.65. The summed E-state index contributed by atoms with van der Waals surface area (Å²) in [6, 6.07) is 9.98. The number of hydrogen-bond acceptors (Lipinski definition) is 6. The van der Waals surface area contributed by atoms with Crippen molar-refractivity contribution in [1.29, 1.82) is 0 Å². The number of likely N-dealkylation sites (tertiary alicyclic amines) is 1. The number of alkyl halides is 1. The van der Waals surface area contributed by atoms with E-state index in [1.54, 1.807) is 7.11 Å². The molecule has 2 saturated heterocycles. The highest BCUT2D eigenvalue weighted by molar-refractivity contribution is 5.96. The van der Waals surface area contributed by atoms with Gasteiger partial charge in [-0.05, 0) is 95.0 Å². The van der Waals surface area contributed by atoms with Crippen LogP contribution in [-0.4, -0.2) is 74.1 Å². The number of carbonyl (C=O) groups excluding carboxylic acids is 2. The fourth-order valence-electron chi connectivity index (χ4n) is 8.64. The van der Waals surface area contributed by atoms with Crippen LogP contribution in [0.15, 0.2) is 30.3 Å². The average molecular weight is 626 g/mol. The lowest BCUT2D eigenvalue weighted by molar-refractivity contribution is -0.214. The quantitative estimate of drug-likeness (QED) is 0.297. The fraction of sp³-hybridized carbons (Fsp3) is 0.543. The number of methoxy groups -OCH3 is 1. The van der Waals surface area contributed by atoms with Crippen LogP contribution in [0.3, 0.4) is 0 Å². The molecule has 0 aromatic carbocycles. The van der Waals surface area contributed by atoms with E-state index in [0.29, 0.717) is 54.2 Å². The van der Waals surface area contributed by atoms with Gasteiger partial charge in [0.2, 0.25) is 5.91 Å². The number of rotatable bonds is 8. The summed E-state index contributed by atoms with van der Waals surface area (Å²) < 4.78 is 24.2. The summed E-state index contributed by atoms with van der Waals surface area (Å²) in [5.74, 6) is 1.63. The highest BCUT2D eigenvalue weighted by Crippen LogP contribution is 2.69. The topological polar surface area (TPSA) is 106 Å². The number of aryl methyl sites for hydroxylation is 1. The van der Waals surface area contributed by atoms with Crippen LogP contribution in [0.1, 0.15) is 73.2 Å². The smallest absolute Gasteiger partial charge is 0.254 e. The monoisotopic (exact) mass is 625 g/mol. The second-order valence-electron chi connectivity index (χ2n) is 14.7. The average Bonchev–Trinajstić information content (AvgIpc) is 3.28. The SMILES string of the molecule is COc1cc(C(=O)N2C[C@@H]3CCN[C@@H]3C2)cc2nc(-c3cc4ccc([C@@H](C)NC(=O)C56CC(F)(C5)C6)nc4n3CC3CC3)c(C)n12. The van der Waals surface area contributed by atoms with Crippen LogP contribution in [0.5, 0.6) is 5.88 Å². The minimum atomic E-state index is -1.11. The molecular weight excluding hydrogens is 585 g/mol. The van der Waals surface area contributed by atoms with Gasteiger partial charge >= 0.3 is 0 Å². The number of aromatic nitrogens is 4. The van der Waals surface area contributed by atoms with E-state index in [-0.39, 0.29) is 17.9 Å². The Bertz CT molecular complexity index is 1910. The van der Waals surface area contributed by atoms with Gasteiger partial charge < -0.3 is 24.8 Å². The molecule has 2 amide bonds. The van der Waals surface area contributed by atoms with Crippen molar-refractivity contribution < 1.29 is 18.7 Å². The minimum Gasteiger partial charge on any atom is -0.482 e. The number of fused-ring (bicyclic) bond motifs is 3. The van der Waals surface area contributed by atoms with Crippen molar-refractivity contribution in [2.75, 3.05) is 26.7 Å². The van der Waals surface area contributed by atoms with Crippen molar-refractivity contribution in [1.82, 2.24) is 34.5 Å². The molecule has 240 valence electrons. The van der Waals surface area contributed by atoms with Crippen molar-refractivity contribution in [3.63, 3.8) is 0 Å². The molecule has 4 saturated carbocycles. The molecule has 2 bridgehead atoms. The minimum absolute atomic E-state index is 0.0122. The Kier molecular flexibility index (Phi) is 5.99. The molecule has 4 aromatic heterocycles. The largest absolute Gasteiger partial charge is 0.482 e. The summed E-state index contributed by atoms with van der Waals surface area (Å²) in [6.45, 7) is 7.35. The number of pyridine rings is 2. The zero-order valence-electron chi connectivity index (χ0n) is 26.6. The Labute approximate surface area is 266 Å². The van der Waals surface area contributed by atoms with Crippen LogP contribution in [0.2, 0.25) is 0 Å². The summed E-state index contributed by atoms with van der Waals surface area (Å²) in [7, 11) is 1.63. The summed E-state index contributed by atoms with van der Waals surface area (Å²) in [5.41, 5.74) is 3.99. The maximum Gasteiger partial charge on any atom is 0.254 e. The zero-order chi connectivity index (χ0) is 31.5. The molecule has 10 rings (SSSR count). The highest BCUT2D eigenvalue weighted by atomic mass is 19.1. The molecule has 10 nitrogen and oxygen atoms in total. The van der Waals surface area contributed by atoms with Crippen LogP contribution < -0.4 is 15.4 Å². The van der Waals surface area contributed by atoms with E-state index in [0.717, 1.165) is 66.4 Å². The molecule has 6 fully saturated rings. The number of hydrogen-bond donors (Lipinski definition) is 2. The van der Waals surface area contributed by atoms with E-state index in [4.69, 9.17) is 14.7 Å². The maximum atomic E-state index is 14.1. The number of halogens is 1. The van der Waals surface area contributed by atoms with Gasteiger partial charge in [0.05, 0.1) is 35.6 Å². The maximum absolute atomic E-state index is 14.1. The van der Waals surface area contributed by atoms with Crippen LogP contribution in [0.25, 0.3) is 28.1 Å².